The Morgan fingerprint density at radius 1 is 1.17 bits per heavy atom. The molecule has 0 saturated carbocycles. The largest absolute Gasteiger partial charge is 0.478 e. The first kappa shape index (κ1) is 19.3. The molecular formula is C18H24O4S. The molecule has 0 aliphatic carbocycles. The number of rotatable bonds is 5. The van der Waals surface area contributed by atoms with Crippen LogP contribution in [0, 0.1) is 12.8 Å². The maximum absolute atomic E-state index is 10.5. The summed E-state index contributed by atoms with van der Waals surface area (Å²) in [6, 6.07) is 3.99. The molecule has 0 spiro atoms. The summed E-state index contributed by atoms with van der Waals surface area (Å²) in [4.78, 5) is 21.1. The second kappa shape index (κ2) is 9.40. The number of carbonyl (C=O) groups is 2. The molecule has 0 bridgehead atoms. The maximum atomic E-state index is 10.5. The van der Waals surface area contributed by atoms with E-state index in [-0.39, 0.29) is 11.1 Å². The molecule has 0 aromatic heterocycles. The van der Waals surface area contributed by atoms with Crippen molar-refractivity contribution in [2.45, 2.75) is 45.3 Å². The first-order valence-corrected chi connectivity index (χ1v) is 8.62. The third kappa shape index (κ3) is 7.37. The van der Waals surface area contributed by atoms with Gasteiger partial charge in [0.15, 0.2) is 0 Å². The van der Waals surface area contributed by atoms with Gasteiger partial charge in [0.25, 0.3) is 0 Å². The van der Waals surface area contributed by atoms with E-state index in [0.29, 0.717) is 5.56 Å². The van der Waals surface area contributed by atoms with E-state index in [1.54, 1.807) is 6.92 Å². The zero-order chi connectivity index (χ0) is 17.4. The van der Waals surface area contributed by atoms with Gasteiger partial charge in [0.1, 0.15) is 0 Å². The van der Waals surface area contributed by atoms with E-state index < -0.39 is 11.9 Å². The van der Waals surface area contributed by atoms with Crippen molar-refractivity contribution in [1.29, 1.82) is 0 Å². The Morgan fingerprint density at radius 2 is 1.74 bits per heavy atom. The van der Waals surface area contributed by atoms with Crippen molar-refractivity contribution in [3.8, 4) is 0 Å². The van der Waals surface area contributed by atoms with Crippen LogP contribution < -0.4 is 0 Å². The Bertz CT molecular complexity index is 538. The van der Waals surface area contributed by atoms with E-state index in [2.05, 4.69) is 25.3 Å². The van der Waals surface area contributed by atoms with Crippen molar-refractivity contribution < 1.29 is 19.8 Å². The third-order valence-electron chi connectivity index (χ3n) is 3.40. The minimum atomic E-state index is -1.12. The first-order valence-electron chi connectivity index (χ1n) is 7.68. The van der Waals surface area contributed by atoms with Gasteiger partial charge in [-0.1, -0.05) is 19.9 Å². The summed E-state index contributed by atoms with van der Waals surface area (Å²) in [6.45, 7) is 6.25. The molecule has 2 N–H and O–H groups in total. The summed E-state index contributed by atoms with van der Waals surface area (Å²) in [7, 11) is 0. The number of hydrogen-bond donors (Lipinski definition) is 2. The van der Waals surface area contributed by atoms with Crippen LogP contribution in [-0.4, -0.2) is 27.4 Å². The highest BCUT2D eigenvalue weighted by Crippen LogP contribution is 2.28. The van der Waals surface area contributed by atoms with Crippen molar-refractivity contribution >= 4 is 23.7 Å². The van der Waals surface area contributed by atoms with Crippen LogP contribution in [0.5, 0.6) is 0 Å². The van der Waals surface area contributed by atoms with Crippen LogP contribution in [0.25, 0.3) is 0 Å². The molecule has 0 saturated heterocycles. The van der Waals surface area contributed by atoms with Gasteiger partial charge in [-0.2, -0.15) is 0 Å². The molecule has 0 radical (unpaired) electrons. The minimum Gasteiger partial charge on any atom is -0.478 e. The van der Waals surface area contributed by atoms with Crippen LogP contribution in [-0.2, 0) is 0 Å². The molecule has 1 heterocycles. The maximum Gasteiger partial charge on any atom is 0.335 e. The number of benzene rings is 1. The fourth-order valence-electron chi connectivity index (χ4n) is 2.16. The number of carboxylic acids is 2. The van der Waals surface area contributed by atoms with Crippen molar-refractivity contribution in [3.05, 3.63) is 46.4 Å². The number of thioether (sulfide) groups is 1. The number of hydrogen-bond acceptors (Lipinski definition) is 3. The lowest BCUT2D eigenvalue weighted by atomic mass is 10.1. The average molecular weight is 336 g/mol. The molecule has 2 rings (SSSR count). The van der Waals surface area contributed by atoms with Gasteiger partial charge in [0.05, 0.1) is 11.1 Å². The van der Waals surface area contributed by atoms with Gasteiger partial charge in [-0.3, -0.25) is 0 Å². The van der Waals surface area contributed by atoms with Gasteiger partial charge < -0.3 is 10.2 Å². The van der Waals surface area contributed by atoms with E-state index in [0.717, 1.165) is 17.2 Å². The molecule has 0 amide bonds. The molecule has 1 atom stereocenters. The fraction of sp³-hybridized carbons (Fsp3) is 0.444. The summed E-state index contributed by atoms with van der Waals surface area (Å²) in [5.41, 5.74) is 0.618. The molecule has 5 heteroatoms. The zero-order valence-electron chi connectivity index (χ0n) is 13.8. The predicted octanol–water partition coefficient (Wildman–Crippen LogP) is 4.83. The van der Waals surface area contributed by atoms with E-state index in [4.69, 9.17) is 10.2 Å². The van der Waals surface area contributed by atoms with Crippen LogP contribution in [0.2, 0.25) is 0 Å². The second-order valence-electron chi connectivity index (χ2n) is 6.03. The molecule has 1 aromatic rings. The third-order valence-corrected chi connectivity index (χ3v) is 4.57. The molecule has 1 aliphatic rings. The van der Waals surface area contributed by atoms with Crippen molar-refractivity contribution in [3.63, 3.8) is 0 Å². The summed E-state index contributed by atoms with van der Waals surface area (Å²) < 4.78 is 0. The lowest BCUT2D eigenvalue weighted by Gasteiger charge is -2.09. The molecule has 1 unspecified atom stereocenters. The summed E-state index contributed by atoms with van der Waals surface area (Å²) in [5, 5.41) is 20.4. The fourth-order valence-corrected chi connectivity index (χ4v) is 3.10. The molecular weight excluding hydrogens is 312 g/mol. The normalized spacial score (nSPS) is 16.1. The quantitative estimate of drug-likeness (QED) is 0.805. The highest BCUT2D eigenvalue weighted by Gasteiger charge is 2.10. The van der Waals surface area contributed by atoms with E-state index >= 15 is 0 Å². The lowest BCUT2D eigenvalue weighted by molar-refractivity contribution is 0.0696. The summed E-state index contributed by atoms with van der Waals surface area (Å²) >= 11 is 2.00. The molecule has 4 nitrogen and oxygen atoms in total. The molecule has 126 valence electrons. The van der Waals surface area contributed by atoms with Crippen LogP contribution in [0.1, 0.15) is 59.4 Å². The number of aryl methyl sites for hydroxylation is 1. The van der Waals surface area contributed by atoms with Crippen LogP contribution in [0.3, 0.4) is 0 Å². The van der Waals surface area contributed by atoms with E-state index in [1.165, 1.54) is 31.4 Å². The highest BCUT2D eigenvalue weighted by molar-refractivity contribution is 8.03. The Labute approximate surface area is 141 Å². The molecule has 0 fully saturated rings. The van der Waals surface area contributed by atoms with Crippen LogP contribution in [0.4, 0.5) is 0 Å². The first-order chi connectivity index (χ1) is 10.8. The summed E-state index contributed by atoms with van der Waals surface area (Å²) in [5.74, 6) is -1.36. The van der Waals surface area contributed by atoms with Crippen LogP contribution in [0.15, 0.2) is 29.7 Å². The van der Waals surface area contributed by atoms with Gasteiger partial charge in [0.2, 0.25) is 0 Å². The Kier molecular flexibility index (Phi) is 7.89. The van der Waals surface area contributed by atoms with E-state index in [1.807, 2.05) is 11.8 Å². The second-order valence-corrected chi connectivity index (χ2v) is 7.25. The highest BCUT2D eigenvalue weighted by atomic mass is 32.2. The smallest absolute Gasteiger partial charge is 0.335 e. The Hall–Kier alpha value is -1.75. The van der Waals surface area contributed by atoms with Gasteiger partial charge in [0, 0.05) is 5.25 Å². The summed E-state index contributed by atoms with van der Waals surface area (Å²) in [6.07, 6.45) is 6.38. The van der Waals surface area contributed by atoms with Gasteiger partial charge >= 0.3 is 11.9 Å². The average Bonchev–Trinajstić information content (AvgIpc) is 2.98. The number of aromatic carboxylic acids is 2. The number of allylic oxidation sites excluding steroid dienone is 1. The van der Waals surface area contributed by atoms with Gasteiger partial charge in [-0.25, -0.2) is 9.59 Å². The monoisotopic (exact) mass is 336 g/mol. The van der Waals surface area contributed by atoms with Crippen molar-refractivity contribution in [2.24, 2.45) is 5.92 Å². The molecule has 1 aromatic carbocycles. The standard InChI is InChI=1S/C9H8O4.C9H16S/c1-5-2-6(8(10)11)4-7(3-5)9(12)13;1-8(2)5-6-9-4-3-7-10-9/h2-4H,1H3,(H,10,11)(H,12,13);3,7-9H,4-6H2,1-2H3. The Morgan fingerprint density at radius 3 is 2.13 bits per heavy atom. The van der Waals surface area contributed by atoms with Gasteiger partial charge in [-0.05, 0) is 61.3 Å². The zero-order valence-corrected chi connectivity index (χ0v) is 14.6. The topological polar surface area (TPSA) is 74.6 Å². The van der Waals surface area contributed by atoms with Crippen LogP contribution >= 0.6 is 11.8 Å². The predicted molar refractivity (Wildman–Crippen MR) is 94.3 cm³/mol. The Balaban J connectivity index is 0.000000238. The van der Waals surface area contributed by atoms with E-state index in [9.17, 15) is 9.59 Å². The number of carboxylic acid groups (broad SMARTS) is 2. The van der Waals surface area contributed by atoms with Crippen molar-refractivity contribution in [2.75, 3.05) is 0 Å². The molecule has 23 heavy (non-hydrogen) atoms. The SMILES string of the molecule is CC(C)CCC1CC=CS1.Cc1cc(C(=O)O)cc(C(=O)O)c1. The van der Waals surface area contributed by atoms with Gasteiger partial charge in [-0.15, -0.1) is 11.8 Å². The lowest BCUT2D eigenvalue weighted by Crippen LogP contribution is -2.02. The molecule has 1 aliphatic heterocycles. The minimum absolute atomic E-state index is 0.00241. The van der Waals surface area contributed by atoms with Crippen molar-refractivity contribution in [1.82, 2.24) is 0 Å².